The van der Waals surface area contributed by atoms with Gasteiger partial charge in [0.1, 0.15) is 0 Å². The minimum Gasteiger partial charge on any atom is -0.871 e. The van der Waals surface area contributed by atoms with E-state index in [9.17, 15) is 35.8 Å². The Morgan fingerprint density at radius 3 is 1.98 bits per heavy atom. The highest BCUT2D eigenvalue weighted by atomic mass is 35.5. The van der Waals surface area contributed by atoms with Crippen molar-refractivity contribution < 1.29 is 35.8 Å². The second kappa shape index (κ2) is 12.0. The first-order valence-electron chi connectivity index (χ1n) is 14.7. The van der Waals surface area contributed by atoms with Crippen LogP contribution in [-0.4, -0.2) is 62.4 Å². The standard InChI is InChI=1S/C32H36Cl2N2O8S2/c1-31(2)23-15-19(33)7-9-25(23)35(11-5-13-45(39,40)41)27(31)17-21-29(37)22(30(21)38)18-28-32(3,4)24-16-20(34)8-10-26(24)36(28)12-6-14-46(42,43)44/h7-10,15-18,27,37H,5-6,11-14H2,1-4H3,(H,39,40,41)(H,42,43,44)/p-1/b21-17?,28-18+. The van der Waals surface area contributed by atoms with Crippen LogP contribution >= 0.6 is 23.2 Å². The smallest absolute Gasteiger partial charge is 0.264 e. The molecule has 3 aliphatic rings. The van der Waals surface area contributed by atoms with Gasteiger partial charge in [-0.3, -0.25) is 13.9 Å². The third-order valence-corrected chi connectivity index (χ3v) is 11.1. The Balaban J connectivity index is 1.52. The highest BCUT2D eigenvalue weighted by molar-refractivity contribution is 7.86. The van der Waals surface area contributed by atoms with Gasteiger partial charge in [-0.05, 0) is 66.4 Å². The first-order valence-corrected chi connectivity index (χ1v) is 18.6. The quantitative estimate of drug-likeness (QED) is 0.259. The SMILES string of the molecule is CC1(C)/C(=C\C2=C([O-])C(=CC3N(CCCS(=O)(=O)O)c4ccc(Cl)cc4C3(C)C)C2=O)N(CCCS(=O)(=O)O)c2ccc(Cl)cc21. The van der Waals surface area contributed by atoms with E-state index in [1.54, 1.807) is 36.4 Å². The predicted octanol–water partition coefficient (Wildman–Crippen LogP) is 4.82. The van der Waals surface area contributed by atoms with Gasteiger partial charge < -0.3 is 14.9 Å². The van der Waals surface area contributed by atoms with Crippen molar-refractivity contribution in [3.05, 3.63) is 92.3 Å². The van der Waals surface area contributed by atoms with Gasteiger partial charge in [0.25, 0.3) is 20.2 Å². The van der Waals surface area contributed by atoms with E-state index in [1.165, 1.54) is 0 Å². The molecule has 46 heavy (non-hydrogen) atoms. The molecule has 2 aliphatic heterocycles. The largest absolute Gasteiger partial charge is 0.871 e. The van der Waals surface area contributed by atoms with E-state index in [2.05, 4.69) is 0 Å². The number of allylic oxidation sites excluding steroid dienone is 4. The molecule has 0 aromatic heterocycles. The maximum atomic E-state index is 13.7. The monoisotopic (exact) mass is 709 g/mol. The second-order valence-electron chi connectivity index (χ2n) is 12.9. The summed E-state index contributed by atoms with van der Waals surface area (Å²) < 4.78 is 64.3. The van der Waals surface area contributed by atoms with Crippen molar-refractivity contribution in [1.82, 2.24) is 0 Å². The highest BCUT2D eigenvalue weighted by Gasteiger charge is 2.45. The number of ketones is 1. The Labute approximate surface area is 279 Å². The zero-order valence-corrected chi connectivity index (χ0v) is 28.9. The number of halogens is 2. The molecule has 5 rings (SSSR count). The molecular formula is C32H35Cl2N2O8S2-. The Kier molecular flexibility index (Phi) is 8.98. The molecule has 1 unspecified atom stereocenters. The molecule has 0 spiro atoms. The van der Waals surface area contributed by atoms with E-state index in [0.29, 0.717) is 15.7 Å². The number of Topliss-reactive ketones (excluding diaryl/α,β-unsaturated/α-hetero) is 1. The molecule has 0 saturated heterocycles. The van der Waals surface area contributed by atoms with Gasteiger partial charge >= 0.3 is 0 Å². The molecule has 2 aromatic carbocycles. The number of carbonyl (C=O) groups excluding carboxylic acids is 1. The summed E-state index contributed by atoms with van der Waals surface area (Å²) in [7, 11) is -8.37. The maximum absolute atomic E-state index is 13.7. The molecule has 0 radical (unpaired) electrons. The number of rotatable bonds is 10. The average molecular weight is 711 g/mol. The lowest BCUT2D eigenvalue weighted by Crippen LogP contribution is -2.43. The van der Waals surface area contributed by atoms with E-state index >= 15 is 0 Å². The van der Waals surface area contributed by atoms with Crippen molar-refractivity contribution in [3.8, 4) is 0 Å². The number of anilines is 2. The number of fused-ring (bicyclic) bond motifs is 2. The molecule has 1 aliphatic carbocycles. The Hall–Kier alpha value is -2.87. The fraction of sp³-hybridized carbons (Fsp3) is 0.406. The third kappa shape index (κ3) is 6.48. The lowest BCUT2D eigenvalue weighted by atomic mass is 9.76. The molecule has 0 bridgehead atoms. The molecule has 248 valence electrons. The molecule has 2 aromatic rings. The van der Waals surface area contributed by atoms with Crippen LogP contribution in [-0.2, 0) is 35.9 Å². The van der Waals surface area contributed by atoms with Crippen LogP contribution in [0.5, 0.6) is 0 Å². The lowest BCUT2D eigenvalue weighted by molar-refractivity contribution is -0.300. The first-order chi connectivity index (χ1) is 21.2. The summed E-state index contributed by atoms with van der Waals surface area (Å²) in [6.07, 6.45) is 3.41. The molecule has 0 fully saturated rings. The van der Waals surface area contributed by atoms with Crippen molar-refractivity contribution in [2.45, 2.75) is 57.4 Å². The van der Waals surface area contributed by atoms with Gasteiger partial charge in [-0.15, -0.1) is 0 Å². The number of carbonyl (C=O) groups is 1. The van der Waals surface area contributed by atoms with Crippen LogP contribution in [0, 0.1) is 0 Å². The Morgan fingerprint density at radius 2 is 1.41 bits per heavy atom. The summed E-state index contributed by atoms with van der Waals surface area (Å²) in [4.78, 5) is 17.4. The van der Waals surface area contributed by atoms with Crippen molar-refractivity contribution in [3.63, 3.8) is 0 Å². The summed E-state index contributed by atoms with van der Waals surface area (Å²) in [6, 6.07) is 10.2. The molecule has 0 saturated carbocycles. The van der Waals surface area contributed by atoms with Crippen molar-refractivity contribution >= 4 is 60.6 Å². The van der Waals surface area contributed by atoms with Crippen molar-refractivity contribution in [2.75, 3.05) is 34.4 Å². The van der Waals surface area contributed by atoms with Crippen LogP contribution in [0.4, 0.5) is 11.4 Å². The molecule has 10 nitrogen and oxygen atoms in total. The highest BCUT2D eigenvalue weighted by Crippen LogP contribution is 2.51. The fourth-order valence-electron chi connectivity index (χ4n) is 6.71. The summed E-state index contributed by atoms with van der Waals surface area (Å²) >= 11 is 12.6. The van der Waals surface area contributed by atoms with Crippen LogP contribution < -0.4 is 14.9 Å². The van der Waals surface area contributed by atoms with Gasteiger partial charge in [-0.2, -0.15) is 16.8 Å². The zero-order chi connectivity index (χ0) is 34.0. The average Bonchev–Trinajstić information content (AvgIpc) is 3.26. The predicted molar refractivity (Wildman–Crippen MR) is 178 cm³/mol. The number of nitrogens with zero attached hydrogens (tertiary/aromatic N) is 2. The van der Waals surface area contributed by atoms with Gasteiger partial charge in [0.05, 0.1) is 17.5 Å². The van der Waals surface area contributed by atoms with Crippen LogP contribution in [0.25, 0.3) is 0 Å². The van der Waals surface area contributed by atoms with E-state index < -0.39 is 60.2 Å². The minimum atomic E-state index is -4.19. The van der Waals surface area contributed by atoms with E-state index in [-0.39, 0.29) is 37.1 Å². The third-order valence-electron chi connectivity index (χ3n) is 9.06. The van der Waals surface area contributed by atoms with Crippen molar-refractivity contribution in [1.29, 1.82) is 0 Å². The molecule has 14 heteroatoms. The van der Waals surface area contributed by atoms with Gasteiger partial charge in [0, 0.05) is 62.2 Å². The summed E-state index contributed by atoms with van der Waals surface area (Å²) in [5, 5.41) is 14.7. The molecule has 1 atom stereocenters. The van der Waals surface area contributed by atoms with Crippen LogP contribution in [0.1, 0.15) is 51.7 Å². The minimum absolute atomic E-state index is 0.0118. The van der Waals surface area contributed by atoms with Crippen molar-refractivity contribution in [2.24, 2.45) is 0 Å². The molecular weight excluding hydrogens is 675 g/mol. The second-order valence-corrected chi connectivity index (χ2v) is 16.9. The number of benzene rings is 2. The molecule has 0 amide bonds. The van der Waals surface area contributed by atoms with Gasteiger partial charge in [-0.1, -0.05) is 62.7 Å². The fourth-order valence-corrected chi connectivity index (χ4v) is 8.05. The topological polar surface area (TPSA) is 155 Å². The van der Waals surface area contributed by atoms with Gasteiger partial charge in [0.15, 0.2) is 5.78 Å². The summed E-state index contributed by atoms with van der Waals surface area (Å²) in [5.74, 6) is -1.78. The van der Waals surface area contributed by atoms with E-state index in [4.69, 9.17) is 23.2 Å². The van der Waals surface area contributed by atoms with E-state index in [0.717, 1.165) is 22.5 Å². The number of hydrogen-bond acceptors (Lipinski definition) is 8. The Bertz CT molecular complexity index is 1930. The van der Waals surface area contributed by atoms with Gasteiger partial charge in [-0.25, -0.2) is 0 Å². The normalized spacial score (nSPS) is 22.1. The molecule has 2 N–H and O–H groups in total. The van der Waals surface area contributed by atoms with Crippen LogP contribution in [0.15, 0.2) is 71.2 Å². The maximum Gasteiger partial charge on any atom is 0.264 e. The van der Waals surface area contributed by atoms with Gasteiger partial charge in [0.2, 0.25) is 0 Å². The Morgan fingerprint density at radius 1 is 0.870 bits per heavy atom. The first kappa shape index (κ1) is 34.5. The zero-order valence-electron chi connectivity index (χ0n) is 25.7. The van der Waals surface area contributed by atoms with Crippen LogP contribution in [0.2, 0.25) is 10.0 Å². The summed E-state index contributed by atoms with van der Waals surface area (Å²) in [6.45, 7) is 8.22. The summed E-state index contributed by atoms with van der Waals surface area (Å²) in [5.41, 5.74) is 2.59. The van der Waals surface area contributed by atoms with E-state index in [1.807, 2.05) is 49.6 Å². The molecule has 2 heterocycles. The lowest BCUT2D eigenvalue weighted by Gasteiger charge is -2.37. The number of hydrogen-bond donors (Lipinski definition) is 2. The van der Waals surface area contributed by atoms with Crippen LogP contribution in [0.3, 0.4) is 0 Å².